The lowest BCUT2D eigenvalue weighted by molar-refractivity contribution is 0.191. The maximum absolute atomic E-state index is 9.90. The molecule has 106 valence electrons. The van der Waals surface area contributed by atoms with Crippen LogP contribution >= 0.6 is 11.6 Å². The second kappa shape index (κ2) is 6.09. The molecule has 1 aromatic rings. The molecule has 0 amide bonds. The predicted molar refractivity (Wildman–Crippen MR) is 79.7 cm³/mol. The minimum absolute atomic E-state index is 0.266. The van der Waals surface area contributed by atoms with Crippen LogP contribution in [-0.4, -0.2) is 49.3 Å². The van der Waals surface area contributed by atoms with Crippen LogP contribution in [0.1, 0.15) is 12.0 Å². The van der Waals surface area contributed by atoms with E-state index in [1.165, 1.54) is 0 Å². The SMILES string of the molecule is CN(C)CC1CC(O)CN1c1ccc(CN)c(Cl)c1. The molecule has 0 bridgehead atoms. The van der Waals surface area contributed by atoms with Gasteiger partial charge in [-0.15, -0.1) is 0 Å². The summed E-state index contributed by atoms with van der Waals surface area (Å²) >= 11 is 6.22. The topological polar surface area (TPSA) is 52.7 Å². The number of nitrogens with zero attached hydrogens (tertiary/aromatic N) is 2. The molecule has 2 atom stereocenters. The average molecular weight is 284 g/mol. The number of β-amino-alcohol motifs (C(OH)–C–C–N with tert-alkyl or cyclic N) is 1. The summed E-state index contributed by atoms with van der Waals surface area (Å²) in [7, 11) is 4.10. The number of halogens is 1. The fourth-order valence-electron chi connectivity index (χ4n) is 2.68. The monoisotopic (exact) mass is 283 g/mol. The molecule has 0 radical (unpaired) electrons. The van der Waals surface area contributed by atoms with Crippen molar-refractivity contribution < 1.29 is 5.11 Å². The van der Waals surface area contributed by atoms with Crippen LogP contribution in [0.5, 0.6) is 0 Å². The van der Waals surface area contributed by atoms with Crippen LogP contribution in [0.15, 0.2) is 18.2 Å². The van der Waals surface area contributed by atoms with Crippen LogP contribution in [0.2, 0.25) is 5.02 Å². The number of anilines is 1. The molecule has 5 heteroatoms. The highest BCUT2D eigenvalue weighted by atomic mass is 35.5. The van der Waals surface area contributed by atoms with Crippen LogP contribution in [0, 0.1) is 0 Å². The first-order chi connectivity index (χ1) is 9.01. The van der Waals surface area contributed by atoms with E-state index in [0.29, 0.717) is 24.2 Å². The molecule has 19 heavy (non-hydrogen) atoms. The molecule has 2 rings (SSSR count). The quantitative estimate of drug-likeness (QED) is 0.875. The molecule has 4 nitrogen and oxygen atoms in total. The third-order valence-electron chi connectivity index (χ3n) is 3.56. The summed E-state index contributed by atoms with van der Waals surface area (Å²) in [6.45, 7) is 2.03. The minimum atomic E-state index is -0.266. The van der Waals surface area contributed by atoms with Gasteiger partial charge in [-0.1, -0.05) is 17.7 Å². The Balaban J connectivity index is 2.21. The largest absolute Gasteiger partial charge is 0.391 e. The lowest BCUT2D eigenvalue weighted by atomic mass is 10.1. The Bertz CT molecular complexity index is 439. The van der Waals surface area contributed by atoms with Gasteiger partial charge < -0.3 is 20.6 Å². The molecule has 1 heterocycles. The zero-order valence-electron chi connectivity index (χ0n) is 11.5. The number of aliphatic hydroxyl groups excluding tert-OH is 1. The molecular weight excluding hydrogens is 262 g/mol. The third kappa shape index (κ3) is 3.39. The van der Waals surface area contributed by atoms with E-state index in [9.17, 15) is 5.11 Å². The lowest BCUT2D eigenvalue weighted by Gasteiger charge is -2.29. The molecule has 0 spiro atoms. The van der Waals surface area contributed by atoms with Gasteiger partial charge in [0, 0.05) is 36.4 Å². The minimum Gasteiger partial charge on any atom is -0.391 e. The zero-order valence-corrected chi connectivity index (χ0v) is 12.3. The average Bonchev–Trinajstić information content (AvgIpc) is 2.69. The molecule has 1 aliphatic heterocycles. The number of benzene rings is 1. The van der Waals surface area contributed by atoms with Crippen molar-refractivity contribution in [1.29, 1.82) is 0 Å². The van der Waals surface area contributed by atoms with Gasteiger partial charge in [-0.3, -0.25) is 0 Å². The first-order valence-corrected chi connectivity index (χ1v) is 6.97. The van der Waals surface area contributed by atoms with E-state index in [0.717, 1.165) is 24.2 Å². The van der Waals surface area contributed by atoms with Gasteiger partial charge in [-0.25, -0.2) is 0 Å². The van der Waals surface area contributed by atoms with E-state index in [-0.39, 0.29) is 6.10 Å². The normalized spacial score (nSPS) is 23.4. The van der Waals surface area contributed by atoms with Crippen molar-refractivity contribution in [3.63, 3.8) is 0 Å². The zero-order chi connectivity index (χ0) is 14.0. The Kier molecular flexibility index (Phi) is 4.68. The van der Waals surface area contributed by atoms with Gasteiger partial charge in [-0.2, -0.15) is 0 Å². The number of hydrogen-bond donors (Lipinski definition) is 2. The number of nitrogens with two attached hydrogens (primary N) is 1. The van der Waals surface area contributed by atoms with Crippen LogP contribution < -0.4 is 10.6 Å². The van der Waals surface area contributed by atoms with Gasteiger partial charge in [0.2, 0.25) is 0 Å². The van der Waals surface area contributed by atoms with Crippen molar-refractivity contribution in [2.45, 2.75) is 25.1 Å². The van der Waals surface area contributed by atoms with Crippen molar-refractivity contribution in [1.82, 2.24) is 4.90 Å². The molecule has 0 aromatic heterocycles. The van der Waals surface area contributed by atoms with Gasteiger partial charge in [0.25, 0.3) is 0 Å². The molecule has 1 saturated heterocycles. The van der Waals surface area contributed by atoms with E-state index in [1.54, 1.807) is 0 Å². The summed E-state index contributed by atoms with van der Waals surface area (Å²) in [5.41, 5.74) is 7.64. The van der Waals surface area contributed by atoms with E-state index in [2.05, 4.69) is 9.80 Å². The Morgan fingerprint density at radius 2 is 2.21 bits per heavy atom. The summed E-state index contributed by atoms with van der Waals surface area (Å²) in [4.78, 5) is 4.38. The molecule has 0 aliphatic carbocycles. The number of aliphatic hydroxyl groups is 1. The fourth-order valence-corrected chi connectivity index (χ4v) is 2.94. The standard InChI is InChI=1S/C14H22ClN3O/c1-17(2)8-12-5-13(19)9-18(12)11-4-3-10(7-16)14(15)6-11/h3-4,6,12-13,19H,5,7-9,16H2,1-2H3. The van der Waals surface area contributed by atoms with Crippen LogP contribution in [0.3, 0.4) is 0 Å². The van der Waals surface area contributed by atoms with Crippen LogP contribution in [0.25, 0.3) is 0 Å². The van der Waals surface area contributed by atoms with Gasteiger partial charge in [0.05, 0.1) is 6.10 Å². The Hall–Kier alpha value is -0.810. The van der Waals surface area contributed by atoms with E-state index in [4.69, 9.17) is 17.3 Å². The Morgan fingerprint density at radius 1 is 1.47 bits per heavy atom. The summed E-state index contributed by atoms with van der Waals surface area (Å²) in [6, 6.07) is 6.28. The van der Waals surface area contributed by atoms with Crippen molar-refractivity contribution in [2.75, 3.05) is 32.1 Å². The molecule has 3 N–H and O–H groups in total. The molecule has 1 fully saturated rings. The highest BCUT2D eigenvalue weighted by Gasteiger charge is 2.31. The van der Waals surface area contributed by atoms with Crippen molar-refractivity contribution in [2.24, 2.45) is 5.73 Å². The van der Waals surface area contributed by atoms with E-state index < -0.39 is 0 Å². The second-order valence-corrected chi connectivity index (χ2v) is 5.84. The summed E-state index contributed by atoms with van der Waals surface area (Å²) in [6.07, 6.45) is 0.534. The van der Waals surface area contributed by atoms with Gasteiger partial charge in [0.1, 0.15) is 0 Å². The predicted octanol–water partition coefficient (Wildman–Crippen LogP) is 1.30. The van der Waals surface area contributed by atoms with Gasteiger partial charge in [-0.05, 0) is 38.2 Å². The summed E-state index contributed by atoms with van der Waals surface area (Å²) in [5, 5.41) is 10.6. The summed E-state index contributed by atoms with van der Waals surface area (Å²) in [5.74, 6) is 0. The highest BCUT2D eigenvalue weighted by Crippen LogP contribution is 2.29. The molecule has 1 aromatic carbocycles. The smallest absolute Gasteiger partial charge is 0.0735 e. The molecule has 2 unspecified atom stereocenters. The first kappa shape index (κ1) is 14.6. The highest BCUT2D eigenvalue weighted by molar-refractivity contribution is 6.31. The fraction of sp³-hybridized carbons (Fsp3) is 0.571. The lowest BCUT2D eigenvalue weighted by Crippen LogP contribution is -2.37. The molecule has 1 aliphatic rings. The van der Waals surface area contributed by atoms with Crippen LogP contribution in [0.4, 0.5) is 5.69 Å². The number of hydrogen-bond acceptors (Lipinski definition) is 4. The summed E-state index contributed by atoms with van der Waals surface area (Å²) < 4.78 is 0. The Labute approximate surface area is 119 Å². The van der Waals surface area contributed by atoms with Gasteiger partial charge >= 0.3 is 0 Å². The van der Waals surface area contributed by atoms with Crippen molar-refractivity contribution >= 4 is 17.3 Å². The molecular formula is C14H22ClN3O. The van der Waals surface area contributed by atoms with Crippen LogP contribution in [-0.2, 0) is 6.54 Å². The van der Waals surface area contributed by atoms with E-state index in [1.807, 2.05) is 32.3 Å². The maximum atomic E-state index is 9.90. The molecule has 0 saturated carbocycles. The van der Waals surface area contributed by atoms with E-state index >= 15 is 0 Å². The van der Waals surface area contributed by atoms with Crippen molar-refractivity contribution in [3.05, 3.63) is 28.8 Å². The van der Waals surface area contributed by atoms with Gasteiger partial charge in [0.15, 0.2) is 0 Å². The first-order valence-electron chi connectivity index (χ1n) is 6.59. The number of likely N-dealkylation sites (N-methyl/N-ethyl adjacent to an activating group) is 1. The van der Waals surface area contributed by atoms with Crippen molar-refractivity contribution in [3.8, 4) is 0 Å². The second-order valence-electron chi connectivity index (χ2n) is 5.44. The Morgan fingerprint density at radius 3 is 2.79 bits per heavy atom. The maximum Gasteiger partial charge on any atom is 0.0735 e. The number of rotatable bonds is 4. The third-order valence-corrected chi connectivity index (χ3v) is 3.91.